The summed E-state index contributed by atoms with van der Waals surface area (Å²) in [4.78, 5) is 49.5. The molecule has 3 aromatic carbocycles. The maximum Gasteiger partial charge on any atom is 0.251 e. The summed E-state index contributed by atoms with van der Waals surface area (Å²) in [6, 6.07) is 24.7. The first-order chi connectivity index (χ1) is 22.9. The van der Waals surface area contributed by atoms with Gasteiger partial charge in [-0.1, -0.05) is 72.8 Å². The van der Waals surface area contributed by atoms with Crippen LogP contribution in [0.15, 0.2) is 110 Å². The highest BCUT2D eigenvalue weighted by atomic mass is 32.2. The molecular formula is C38H41N3O5S. The summed E-state index contributed by atoms with van der Waals surface area (Å²) < 4.78 is 4.52. The first kappa shape index (κ1) is 32.6. The van der Waals surface area contributed by atoms with E-state index in [2.05, 4.69) is 13.2 Å². The highest BCUT2D eigenvalue weighted by Crippen LogP contribution is 2.67. The zero-order valence-corrected chi connectivity index (χ0v) is 27.4. The van der Waals surface area contributed by atoms with Gasteiger partial charge in [0.05, 0.1) is 36.3 Å². The average molecular weight is 652 g/mol. The standard InChI is InChI=1S/C38H41N3O5S/c1-4-22-39(24-26-12-8-6-9-13-26)35(43)32-31-20-21-38(47-31)33(32)36(44)41(30(25-42)27-14-10-7-11-15-27)34(38)37(45)40(23-5-2)28-16-18-29(46-3)19-17-28/h4-19,30-34,42H,1-2,20-25H2,3H3/t30-,31+,32-,33+,34?,38?/m1/s1. The molecule has 0 aromatic heterocycles. The summed E-state index contributed by atoms with van der Waals surface area (Å²) in [7, 11) is 1.59. The molecule has 3 aromatic rings. The second kappa shape index (κ2) is 13.8. The molecule has 6 rings (SSSR count). The predicted octanol–water partition coefficient (Wildman–Crippen LogP) is 5.25. The largest absolute Gasteiger partial charge is 0.497 e. The van der Waals surface area contributed by atoms with E-state index in [1.807, 2.05) is 72.8 Å². The SMILES string of the molecule is C=CCN(Cc1ccccc1)C(=O)[C@@H]1[C@@H]2CCC3(S2)C(C(=O)N(CC=C)c2ccc(OC)cc2)N([C@H](CO)c2ccccc2)C(=O)[C@H]13. The number of nitrogens with zero attached hydrogens (tertiary/aromatic N) is 3. The molecule has 3 heterocycles. The molecule has 1 N–H and O–H groups in total. The van der Waals surface area contributed by atoms with Crippen molar-refractivity contribution in [1.29, 1.82) is 0 Å². The lowest BCUT2D eigenvalue weighted by Crippen LogP contribution is -2.56. The van der Waals surface area contributed by atoms with Crippen LogP contribution in [-0.2, 0) is 20.9 Å². The number of ether oxygens (including phenoxy) is 1. The molecular weight excluding hydrogens is 611 g/mol. The van der Waals surface area contributed by atoms with E-state index in [1.165, 1.54) is 0 Å². The van der Waals surface area contributed by atoms with Crippen molar-refractivity contribution in [2.45, 2.75) is 41.5 Å². The van der Waals surface area contributed by atoms with Crippen molar-refractivity contribution in [2.24, 2.45) is 11.8 Å². The van der Waals surface area contributed by atoms with E-state index in [0.29, 0.717) is 30.9 Å². The predicted molar refractivity (Wildman–Crippen MR) is 185 cm³/mol. The number of aliphatic hydroxyl groups excluding tert-OH is 1. The van der Waals surface area contributed by atoms with Gasteiger partial charge in [-0.2, -0.15) is 0 Å². The number of thioether (sulfide) groups is 1. The molecule has 0 aliphatic carbocycles. The number of carbonyl (C=O) groups is 3. The van der Waals surface area contributed by atoms with Crippen molar-refractivity contribution >= 4 is 35.2 Å². The van der Waals surface area contributed by atoms with Crippen LogP contribution < -0.4 is 9.64 Å². The van der Waals surface area contributed by atoms with E-state index in [-0.39, 0.29) is 36.1 Å². The third-order valence-corrected chi connectivity index (χ3v) is 11.7. The second-order valence-electron chi connectivity index (χ2n) is 12.3. The number of fused-ring (bicyclic) bond motifs is 1. The van der Waals surface area contributed by atoms with Crippen LogP contribution in [0.1, 0.15) is 30.0 Å². The number of aliphatic hydroxyl groups is 1. The Labute approximate surface area is 280 Å². The average Bonchev–Trinajstić information content (AvgIpc) is 3.75. The summed E-state index contributed by atoms with van der Waals surface area (Å²) in [5.41, 5.74) is 2.37. The van der Waals surface area contributed by atoms with Crippen LogP contribution in [-0.4, -0.2) is 75.5 Å². The molecule has 8 nitrogen and oxygen atoms in total. The Morgan fingerprint density at radius 1 is 1.00 bits per heavy atom. The summed E-state index contributed by atoms with van der Waals surface area (Å²) in [5.74, 6) is -1.27. The quantitative estimate of drug-likeness (QED) is 0.254. The number of rotatable bonds is 13. The highest BCUT2D eigenvalue weighted by molar-refractivity contribution is 8.02. The smallest absolute Gasteiger partial charge is 0.251 e. The van der Waals surface area contributed by atoms with Crippen LogP contribution in [0.4, 0.5) is 5.69 Å². The molecule has 2 unspecified atom stereocenters. The van der Waals surface area contributed by atoms with Crippen molar-refractivity contribution in [3.8, 4) is 5.75 Å². The number of amides is 3. The van der Waals surface area contributed by atoms with Crippen molar-refractivity contribution in [1.82, 2.24) is 9.80 Å². The molecule has 2 bridgehead atoms. The summed E-state index contributed by atoms with van der Waals surface area (Å²) in [6.45, 7) is 8.42. The molecule has 47 heavy (non-hydrogen) atoms. The number of anilines is 1. The lowest BCUT2D eigenvalue weighted by Gasteiger charge is -2.39. The first-order valence-electron chi connectivity index (χ1n) is 16.0. The number of hydrogen-bond acceptors (Lipinski definition) is 6. The van der Waals surface area contributed by atoms with Gasteiger partial charge in [-0.3, -0.25) is 14.4 Å². The van der Waals surface area contributed by atoms with Gasteiger partial charge >= 0.3 is 0 Å². The Hall–Kier alpha value is -4.34. The molecule has 3 saturated heterocycles. The lowest BCUT2D eigenvalue weighted by molar-refractivity contribution is -0.145. The van der Waals surface area contributed by atoms with E-state index in [0.717, 1.165) is 17.5 Å². The third kappa shape index (κ3) is 5.76. The Kier molecular flexibility index (Phi) is 9.57. The Morgan fingerprint density at radius 3 is 2.28 bits per heavy atom. The molecule has 6 atom stereocenters. The minimum absolute atomic E-state index is 0.0995. The minimum Gasteiger partial charge on any atom is -0.497 e. The molecule has 3 aliphatic rings. The third-order valence-electron chi connectivity index (χ3n) is 9.79. The number of likely N-dealkylation sites (tertiary alicyclic amines) is 1. The fourth-order valence-corrected chi connectivity index (χ4v) is 9.97. The molecule has 3 fully saturated rings. The fraction of sp³-hybridized carbons (Fsp3) is 0.342. The van der Waals surface area contributed by atoms with Gasteiger partial charge < -0.3 is 24.5 Å². The van der Waals surface area contributed by atoms with Crippen molar-refractivity contribution in [3.05, 3.63) is 121 Å². The van der Waals surface area contributed by atoms with Crippen molar-refractivity contribution in [2.75, 3.05) is 31.7 Å². The maximum atomic E-state index is 15.0. The summed E-state index contributed by atoms with van der Waals surface area (Å²) >= 11 is 1.62. The van der Waals surface area contributed by atoms with Crippen LogP contribution in [0.3, 0.4) is 0 Å². The summed E-state index contributed by atoms with van der Waals surface area (Å²) in [6.07, 6.45) is 4.72. The molecule has 1 spiro atoms. The Bertz CT molecular complexity index is 1620. The number of carbonyl (C=O) groups excluding carboxylic acids is 3. The number of hydrogen-bond donors (Lipinski definition) is 1. The number of methoxy groups -OCH3 is 1. The molecule has 0 radical (unpaired) electrons. The van der Waals surface area contributed by atoms with Crippen LogP contribution in [0, 0.1) is 11.8 Å². The topological polar surface area (TPSA) is 90.4 Å². The van der Waals surface area contributed by atoms with E-state index >= 15 is 4.79 Å². The van der Waals surface area contributed by atoms with E-state index in [9.17, 15) is 14.7 Å². The van der Waals surface area contributed by atoms with Crippen molar-refractivity contribution < 1.29 is 24.2 Å². The second-order valence-corrected chi connectivity index (χ2v) is 13.9. The fourth-order valence-electron chi connectivity index (χ4n) is 7.78. The number of benzene rings is 3. The van der Waals surface area contributed by atoms with Gasteiger partial charge in [0.15, 0.2) is 0 Å². The van der Waals surface area contributed by atoms with Crippen molar-refractivity contribution in [3.63, 3.8) is 0 Å². The van der Waals surface area contributed by atoms with Crippen LogP contribution in [0.25, 0.3) is 0 Å². The Morgan fingerprint density at radius 2 is 1.66 bits per heavy atom. The normalized spacial score (nSPS) is 24.8. The van der Waals surface area contributed by atoms with Gasteiger partial charge in [-0.25, -0.2) is 0 Å². The van der Waals surface area contributed by atoms with Gasteiger partial charge in [0.25, 0.3) is 5.91 Å². The molecule has 0 saturated carbocycles. The molecule has 9 heteroatoms. The van der Waals surface area contributed by atoms with Gasteiger partial charge in [0.1, 0.15) is 11.8 Å². The van der Waals surface area contributed by atoms with E-state index in [4.69, 9.17) is 4.74 Å². The minimum atomic E-state index is -0.908. The van der Waals surface area contributed by atoms with Crippen LogP contribution in [0.5, 0.6) is 5.75 Å². The maximum absolute atomic E-state index is 15.0. The summed E-state index contributed by atoms with van der Waals surface area (Å²) in [5, 5.41) is 10.8. The van der Waals surface area contributed by atoms with Gasteiger partial charge in [0.2, 0.25) is 11.8 Å². The van der Waals surface area contributed by atoms with Gasteiger partial charge in [-0.05, 0) is 48.2 Å². The van der Waals surface area contributed by atoms with Gasteiger partial charge in [0, 0.05) is 30.6 Å². The monoisotopic (exact) mass is 651 g/mol. The Balaban J connectivity index is 1.44. The zero-order valence-electron chi connectivity index (χ0n) is 26.6. The van der Waals surface area contributed by atoms with Gasteiger partial charge in [-0.15, -0.1) is 24.9 Å². The molecule has 3 aliphatic heterocycles. The van der Waals surface area contributed by atoms with Crippen LogP contribution >= 0.6 is 11.8 Å². The van der Waals surface area contributed by atoms with E-state index < -0.39 is 28.7 Å². The highest BCUT2D eigenvalue weighted by Gasteiger charge is 2.74. The lowest BCUT2D eigenvalue weighted by atomic mass is 9.70. The van der Waals surface area contributed by atoms with Crippen LogP contribution in [0.2, 0.25) is 0 Å². The zero-order chi connectivity index (χ0) is 33.1. The molecule has 244 valence electrons. The first-order valence-corrected chi connectivity index (χ1v) is 16.9. The van der Waals surface area contributed by atoms with E-state index in [1.54, 1.807) is 57.9 Å². The molecule has 3 amide bonds.